The fourth-order valence-corrected chi connectivity index (χ4v) is 14.3. The van der Waals surface area contributed by atoms with E-state index in [4.69, 9.17) is 20.5 Å². The Bertz CT molecular complexity index is 5680. The molecule has 30 nitrogen and oxygen atoms in total. The third-order valence-electron chi connectivity index (χ3n) is 16.9. The molecule has 11 N–H and O–H groups in total. The van der Waals surface area contributed by atoms with Crippen LogP contribution in [0.3, 0.4) is 0 Å². The lowest BCUT2D eigenvalue weighted by Crippen LogP contribution is -2.42. The van der Waals surface area contributed by atoms with E-state index in [0.29, 0.717) is 41.8 Å². The maximum absolute atomic E-state index is 11.9. The van der Waals surface area contributed by atoms with Crippen LogP contribution in [0.5, 0.6) is 0 Å². The van der Waals surface area contributed by atoms with Gasteiger partial charge in [-0.15, -0.1) is 0 Å². The number of aromatic nitrogens is 3. The van der Waals surface area contributed by atoms with Gasteiger partial charge in [0, 0.05) is 47.3 Å². The van der Waals surface area contributed by atoms with E-state index in [1.807, 2.05) is 188 Å². The predicted octanol–water partition coefficient (Wildman–Crippen LogP) is 8.62. The Labute approximate surface area is 718 Å². The van der Waals surface area contributed by atoms with Crippen LogP contribution in [0.1, 0.15) is 54.1 Å². The van der Waals surface area contributed by atoms with Crippen LogP contribution in [0.25, 0.3) is 33.4 Å². The first-order valence-corrected chi connectivity index (χ1v) is 45.3. The van der Waals surface area contributed by atoms with E-state index in [2.05, 4.69) is 82.0 Å². The quantitative estimate of drug-likeness (QED) is 0.00815. The van der Waals surface area contributed by atoms with Crippen LogP contribution in [0.4, 0.5) is 17.5 Å². The Kier molecular flexibility index (Phi) is 40.2. The van der Waals surface area contributed by atoms with Gasteiger partial charge in [0.2, 0.25) is 40.1 Å². The minimum atomic E-state index is -3.61. The predicted molar refractivity (Wildman–Crippen MR) is 474 cm³/mol. The number of carbonyl (C=O) groups is 6. The molecule has 4 atom stereocenters. The molecule has 3 aromatic heterocycles. The fourth-order valence-electron chi connectivity index (χ4n) is 11.2. The van der Waals surface area contributed by atoms with Gasteiger partial charge in [0.15, 0.2) is 0 Å². The van der Waals surface area contributed by atoms with E-state index >= 15 is 0 Å². The molecule has 0 bridgehead atoms. The first-order valence-electron chi connectivity index (χ1n) is 36.9. The number of anilines is 3. The number of sulfonamides is 4. The summed E-state index contributed by atoms with van der Waals surface area (Å²) in [5.74, 6) is -0.887. The minimum absolute atomic E-state index is 0.0662. The van der Waals surface area contributed by atoms with Crippen molar-refractivity contribution in [1.29, 1.82) is 0 Å². The SMILES string of the molecule is COC(=O)[C@H](Cc1ccc(-c2cccc(C=O)c2)cc1)NS(C)(=O)=O.COC(=O)[C@H](Cc1ccc(-c2cccc(CNc3ccccn3)c2)cc1)NS(C)(=O)=O.COC(=O)[C@H](Cc1ccc(Br)cc1)NS(C)(=O)=O.CS(=O)(=O)N[C@@H](Cc1ccc(-c2cccc(CNc3ccccn3)c2)cc1)C(=O)O.Nc1ccccn1.O=Cc1cccc(B(O)O)c1. The molecule has 0 saturated heterocycles. The number of nitrogen functional groups attached to an aromatic ring is 1. The van der Waals surface area contributed by atoms with Crippen LogP contribution in [0.15, 0.2) is 272 Å². The number of benzene rings is 8. The van der Waals surface area contributed by atoms with Crippen molar-refractivity contribution in [2.24, 2.45) is 0 Å². The largest absolute Gasteiger partial charge is 0.488 e. The highest BCUT2D eigenvalue weighted by Gasteiger charge is 2.27. The fraction of sp³-hybridized carbons (Fsp3) is 0.198. The van der Waals surface area contributed by atoms with Gasteiger partial charge in [0.25, 0.3) is 0 Å². The number of carboxylic acid groups (broad SMARTS) is 1. The van der Waals surface area contributed by atoms with Gasteiger partial charge < -0.3 is 45.7 Å². The minimum Gasteiger partial charge on any atom is -0.480 e. The average molecular weight is 1810 g/mol. The van der Waals surface area contributed by atoms with E-state index < -0.39 is 95.3 Å². The maximum atomic E-state index is 11.9. The molecule has 0 amide bonds. The molecule has 0 aliphatic rings. The summed E-state index contributed by atoms with van der Waals surface area (Å²) in [4.78, 5) is 79.9. The molecule has 0 saturated carbocycles. The monoisotopic (exact) mass is 1800 g/mol. The van der Waals surface area contributed by atoms with Crippen molar-refractivity contribution in [2.45, 2.75) is 62.9 Å². The molecule has 642 valence electrons. The molecule has 122 heavy (non-hydrogen) atoms. The summed E-state index contributed by atoms with van der Waals surface area (Å²) < 4.78 is 115. The summed E-state index contributed by atoms with van der Waals surface area (Å²) in [7, 11) is -12.0. The van der Waals surface area contributed by atoms with Crippen LogP contribution < -0.4 is 40.7 Å². The lowest BCUT2D eigenvalue weighted by molar-refractivity contribution is -0.143. The molecule has 3 heterocycles. The lowest BCUT2D eigenvalue weighted by Gasteiger charge is -2.15. The van der Waals surface area contributed by atoms with Gasteiger partial charge >= 0.3 is 31.0 Å². The van der Waals surface area contributed by atoms with Gasteiger partial charge in [-0.3, -0.25) is 28.8 Å². The summed E-state index contributed by atoms with van der Waals surface area (Å²) >= 11 is 3.30. The Morgan fingerprint density at radius 3 is 1.02 bits per heavy atom. The van der Waals surface area contributed by atoms with Crippen LogP contribution in [-0.2, 0) is 112 Å². The molecule has 11 rings (SSSR count). The standard InChI is InChI=1S/C23H25N3O4S.C22H23N3O4S.C18H19NO5S.C11H14BrNO4S.C7H7BO3.C5H6N2/c1-30-23(27)21(26-31(2,28)29)15-17-9-11-19(12-10-17)20-7-5-6-18(14-20)16-25-22-8-3-4-13-24-22;1-30(28,29)25-20(22(26)27)14-16-8-10-18(11-9-16)19-6-4-5-17(13-19)15-24-21-7-2-3-12-23-21;1-24-18(21)17(19-25(2,22)23)11-13-6-8-15(9-7-13)16-5-3-4-14(10-16)12-20;1-17-11(14)10(13-18(2,15)16)7-8-3-5-9(12)6-4-8;9-5-6-2-1-3-7(4-6)8(10)11;6-5-3-1-2-4-7-5/h3-14,21,26H,15-16H2,1-2H3,(H,24,25);2-13,20,25H,14-15H2,1H3,(H,23,24)(H,26,27);3-10,12,17,19H,11H2,1-2H3;3-6,10,13H,7H2,1-2H3;1-5,10-11H;1-4H,(H2,6,7)/t21-;20-;17-;10-;;/m0000../s1. The molecule has 0 spiro atoms. The number of nitrogens with zero attached hydrogens (tertiary/aromatic N) is 3. The number of aldehydes is 2. The average Bonchev–Trinajstić information content (AvgIpc) is 0.848. The van der Waals surface area contributed by atoms with Crippen molar-refractivity contribution in [1.82, 2.24) is 33.8 Å². The first kappa shape index (κ1) is 98.8. The number of hydrogen-bond acceptors (Lipinski definition) is 25. The van der Waals surface area contributed by atoms with Crippen LogP contribution in [-0.4, -0.2) is 178 Å². The number of rotatable bonds is 32. The lowest BCUT2D eigenvalue weighted by atomic mass is 9.80. The normalized spacial score (nSPS) is 11.9. The zero-order valence-electron chi connectivity index (χ0n) is 67.4. The number of pyridine rings is 3. The number of nitrogens with two attached hydrogens (primary N) is 1. The van der Waals surface area contributed by atoms with Gasteiger partial charge in [-0.05, 0) is 165 Å². The van der Waals surface area contributed by atoms with Gasteiger partial charge in [0.05, 0.1) is 46.4 Å². The molecule has 0 fully saturated rings. The third kappa shape index (κ3) is 38.1. The van der Waals surface area contributed by atoms with Crippen molar-refractivity contribution in [2.75, 3.05) is 62.7 Å². The number of methoxy groups -OCH3 is 3. The smallest absolute Gasteiger partial charge is 0.480 e. The highest BCUT2D eigenvalue weighted by molar-refractivity contribution is 9.10. The topological polar surface area (TPSA) is 464 Å². The number of ether oxygens (including phenoxy) is 3. The molecule has 0 aliphatic heterocycles. The molecular formula is C86H94BBrN10O20S4. The van der Waals surface area contributed by atoms with E-state index in [1.54, 1.807) is 55.0 Å². The number of halogens is 1. The Morgan fingerprint density at radius 1 is 0.393 bits per heavy atom. The summed E-state index contributed by atoms with van der Waals surface area (Å²) in [5, 5.41) is 33.2. The Morgan fingerprint density at radius 2 is 0.713 bits per heavy atom. The number of esters is 3. The second-order valence-corrected chi connectivity index (χ2v) is 34.9. The van der Waals surface area contributed by atoms with E-state index in [1.165, 1.54) is 33.5 Å². The van der Waals surface area contributed by atoms with Gasteiger partial charge in [-0.1, -0.05) is 198 Å². The second-order valence-electron chi connectivity index (χ2n) is 26.9. The molecule has 0 aliphatic carbocycles. The summed E-state index contributed by atoms with van der Waals surface area (Å²) in [6.45, 7) is 1.29. The number of nitrogens with one attached hydrogen (secondary N) is 6. The molecule has 11 aromatic rings. The highest BCUT2D eigenvalue weighted by Crippen LogP contribution is 2.26. The number of hydrogen-bond donors (Lipinski definition) is 10. The third-order valence-corrected chi connectivity index (χ3v) is 20.3. The zero-order chi connectivity index (χ0) is 89.4. The van der Waals surface area contributed by atoms with E-state index in [0.717, 1.165) is 114 Å². The molecule has 0 radical (unpaired) electrons. The van der Waals surface area contributed by atoms with Crippen LogP contribution >= 0.6 is 15.9 Å². The highest BCUT2D eigenvalue weighted by atomic mass is 79.9. The Balaban J connectivity index is 0.000000238. The van der Waals surface area contributed by atoms with E-state index in [9.17, 15) is 67.5 Å². The van der Waals surface area contributed by atoms with Crippen LogP contribution in [0.2, 0.25) is 0 Å². The number of carboxylic acids is 1. The van der Waals surface area contributed by atoms with Crippen molar-refractivity contribution in [3.8, 4) is 33.4 Å². The van der Waals surface area contributed by atoms with Crippen molar-refractivity contribution >= 4 is 123 Å². The summed E-state index contributed by atoms with van der Waals surface area (Å²) in [6.07, 6.45) is 11.2. The second kappa shape index (κ2) is 49.6. The van der Waals surface area contributed by atoms with Crippen molar-refractivity contribution in [3.63, 3.8) is 0 Å². The summed E-state index contributed by atoms with van der Waals surface area (Å²) in [6, 6.07) is 72.1. The zero-order valence-corrected chi connectivity index (χ0v) is 72.3. The first-order chi connectivity index (χ1) is 57.9. The molecule has 0 unspecified atom stereocenters. The maximum Gasteiger partial charge on any atom is 0.488 e. The van der Waals surface area contributed by atoms with Crippen molar-refractivity contribution < 1.29 is 91.8 Å². The molecule has 36 heteroatoms. The van der Waals surface area contributed by atoms with Crippen LogP contribution in [0, 0.1) is 0 Å². The van der Waals surface area contributed by atoms with Gasteiger partial charge in [0.1, 0.15) is 54.2 Å². The Hall–Kier alpha value is -12.1. The number of aliphatic carboxylic acids is 1. The van der Waals surface area contributed by atoms with Gasteiger partial charge in [-0.25, -0.2) is 67.5 Å². The van der Waals surface area contributed by atoms with Gasteiger partial charge in [-0.2, -0.15) is 0 Å². The van der Waals surface area contributed by atoms with E-state index in [-0.39, 0.29) is 25.7 Å². The molecule has 8 aromatic carbocycles. The van der Waals surface area contributed by atoms with Crippen molar-refractivity contribution in [3.05, 3.63) is 316 Å². The molecular weight excluding hydrogens is 1710 g/mol. The number of carbonyl (C=O) groups excluding carboxylic acids is 5. The summed E-state index contributed by atoms with van der Waals surface area (Å²) in [5.41, 5.74) is 17.9.